The number of amides is 1. The molecule has 1 amide bonds. The van der Waals surface area contributed by atoms with Crippen molar-refractivity contribution in [3.8, 4) is 6.19 Å². The maximum absolute atomic E-state index is 11.0. The van der Waals surface area contributed by atoms with Crippen LogP contribution in [0.4, 0.5) is 0 Å². The molecule has 0 fully saturated rings. The highest BCUT2D eigenvalue weighted by Crippen LogP contribution is 2.00. The molecule has 0 saturated carbocycles. The van der Waals surface area contributed by atoms with Crippen molar-refractivity contribution >= 4 is 5.91 Å². The minimum Gasteiger partial charge on any atom is -0.272 e. The highest BCUT2D eigenvalue weighted by atomic mass is 16.1. The first-order valence-corrected chi connectivity index (χ1v) is 3.82. The van der Waals surface area contributed by atoms with E-state index in [9.17, 15) is 4.79 Å². The molecule has 1 rings (SSSR count). The molecule has 1 aromatic rings. The largest absolute Gasteiger partial charge is 0.272 e. The van der Waals surface area contributed by atoms with Gasteiger partial charge in [-0.25, -0.2) is 0 Å². The Balaban J connectivity index is 2.70. The summed E-state index contributed by atoms with van der Waals surface area (Å²) in [5, 5.41) is 14.3. The summed E-state index contributed by atoms with van der Waals surface area (Å²) in [6, 6.07) is 1.87. The van der Waals surface area contributed by atoms with E-state index >= 15 is 0 Å². The fourth-order valence-electron chi connectivity index (χ4n) is 1.07. The molecule has 1 heterocycles. The van der Waals surface area contributed by atoms with E-state index in [1.807, 2.05) is 25.2 Å². The minimum absolute atomic E-state index is 0.0905. The van der Waals surface area contributed by atoms with Crippen LogP contribution in [-0.2, 0) is 11.3 Å². The molecule has 0 bridgehead atoms. The van der Waals surface area contributed by atoms with E-state index in [4.69, 9.17) is 5.26 Å². The topological polar surface area (TPSA) is 70.7 Å². The molecule has 0 aromatic carbocycles. The highest BCUT2D eigenvalue weighted by Gasteiger charge is 2.05. The Morgan fingerprint density at radius 1 is 1.77 bits per heavy atom. The first-order chi connectivity index (χ1) is 6.13. The lowest BCUT2D eigenvalue weighted by Crippen LogP contribution is -2.24. The van der Waals surface area contributed by atoms with Crippen LogP contribution in [0.3, 0.4) is 0 Å². The molecule has 13 heavy (non-hydrogen) atoms. The molecule has 5 nitrogen and oxygen atoms in total. The van der Waals surface area contributed by atoms with Gasteiger partial charge < -0.3 is 0 Å². The van der Waals surface area contributed by atoms with Gasteiger partial charge in [-0.3, -0.25) is 14.8 Å². The van der Waals surface area contributed by atoms with Crippen molar-refractivity contribution in [2.24, 2.45) is 0 Å². The Hall–Kier alpha value is -1.83. The summed E-state index contributed by atoms with van der Waals surface area (Å²) in [5.41, 5.74) is 1.77. The molecule has 0 saturated heterocycles. The normalized spacial score (nSPS) is 9.31. The summed E-state index contributed by atoms with van der Waals surface area (Å²) in [7, 11) is 0. The average molecular weight is 178 g/mol. The standard InChI is InChI=1S/C8H10N4O/c1-6-3-7(2)12(11-6)4-8(13)10-5-9/h3H,4H2,1-2H3,(H,10,13). The third kappa shape index (κ3) is 2.30. The van der Waals surface area contributed by atoms with Gasteiger partial charge in [0.1, 0.15) is 6.54 Å². The molecule has 5 heteroatoms. The van der Waals surface area contributed by atoms with Gasteiger partial charge in [0.2, 0.25) is 0 Å². The lowest BCUT2D eigenvalue weighted by atomic mass is 10.4. The fraction of sp³-hybridized carbons (Fsp3) is 0.375. The molecule has 68 valence electrons. The quantitative estimate of drug-likeness (QED) is 0.515. The van der Waals surface area contributed by atoms with Crippen LogP contribution in [0.2, 0.25) is 0 Å². The first kappa shape index (κ1) is 9.26. The zero-order valence-corrected chi connectivity index (χ0v) is 7.53. The number of aryl methyl sites for hydroxylation is 2. The van der Waals surface area contributed by atoms with E-state index in [0.29, 0.717) is 0 Å². The molecular formula is C8H10N4O. The number of nitrogens with one attached hydrogen (secondary N) is 1. The molecule has 0 aliphatic rings. The summed E-state index contributed by atoms with van der Waals surface area (Å²) >= 11 is 0. The number of nitriles is 1. The minimum atomic E-state index is -0.353. The van der Waals surface area contributed by atoms with Crippen molar-refractivity contribution in [1.29, 1.82) is 5.26 Å². The summed E-state index contributed by atoms with van der Waals surface area (Å²) in [6.45, 7) is 3.80. The second kappa shape index (κ2) is 3.72. The zero-order valence-electron chi connectivity index (χ0n) is 7.53. The summed E-state index contributed by atoms with van der Waals surface area (Å²) in [4.78, 5) is 11.0. The maximum Gasteiger partial charge on any atom is 0.254 e. The SMILES string of the molecule is Cc1cc(C)n(CC(=O)NC#N)n1. The van der Waals surface area contributed by atoms with E-state index in [0.717, 1.165) is 11.4 Å². The smallest absolute Gasteiger partial charge is 0.254 e. The molecule has 0 unspecified atom stereocenters. The second-order valence-corrected chi connectivity index (χ2v) is 2.74. The number of hydrogen-bond donors (Lipinski definition) is 1. The molecule has 0 radical (unpaired) electrons. The van der Waals surface area contributed by atoms with Gasteiger partial charge in [-0.2, -0.15) is 10.4 Å². The van der Waals surface area contributed by atoms with Gasteiger partial charge in [0.25, 0.3) is 5.91 Å². The number of carbonyl (C=O) groups excluding carboxylic acids is 1. The van der Waals surface area contributed by atoms with Gasteiger partial charge in [0, 0.05) is 5.69 Å². The lowest BCUT2D eigenvalue weighted by Gasteiger charge is -2.00. The van der Waals surface area contributed by atoms with E-state index in [1.54, 1.807) is 10.9 Å². The van der Waals surface area contributed by atoms with Gasteiger partial charge in [0.05, 0.1) is 5.69 Å². The summed E-state index contributed by atoms with van der Waals surface area (Å²) in [6.07, 6.45) is 1.57. The van der Waals surface area contributed by atoms with Crippen molar-refractivity contribution in [2.75, 3.05) is 0 Å². The van der Waals surface area contributed by atoms with Crippen LogP contribution in [-0.4, -0.2) is 15.7 Å². The van der Waals surface area contributed by atoms with Crippen LogP contribution in [0.15, 0.2) is 6.07 Å². The molecule has 1 aromatic heterocycles. The third-order valence-electron chi connectivity index (χ3n) is 1.59. The number of rotatable bonds is 2. The van der Waals surface area contributed by atoms with E-state index in [-0.39, 0.29) is 12.5 Å². The summed E-state index contributed by atoms with van der Waals surface area (Å²) < 4.78 is 1.56. The Kier molecular flexibility index (Phi) is 2.65. The van der Waals surface area contributed by atoms with Gasteiger partial charge in [-0.15, -0.1) is 0 Å². The molecule has 0 aliphatic carbocycles. The molecular weight excluding hydrogens is 168 g/mol. The number of nitrogens with zero attached hydrogens (tertiary/aromatic N) is 3. The monoisotopic (exact) mass is 178 g/mol. The van der Waals surface area contributed by atoms with Crippen LogP contribution in [0.25, 0.3) is 0 Å². The Labute approximate surface area is 76.0 Å². The molecule has 1 N–H and O–H groups in total. The van der Waals surface area contributed by atoms with Gasteiger partial charge in [-0.1, -0.05) is 0 Å². The van der Waals surface area contributed by atoms with E-state index < -0.39 is 0 Å². The van der Waals surface area contributed by atoms with Crippen LogP contribution in [0.1, 0.15) is 11.4 Å². The van der Waals surface area contributed by atoms with E-state index in [1.165, 1.54) is 0 Å². The Bertz CT molecular complexity index is 361. The predicted molar refractivity (Wildman–Crippen MR) is 45.5 cm³/mol. The van der Waals surface area contributed by atoms with Crippen molar-refractivity contribution in [1.82, 2.24) is 15.1 Å². The molecule has 0 aliphatic heterocycles. The van der Waals surface area contributed by atoms with Crippen LogP contribution < -0.4 is 5.32 Å². The molecule has 0 spiro atoms. The Morgan fingerprint density at radius 3 is 2.92 bits per heavy atom. The average Bonchev–Trinajstić information content (AvgIpc) is 2.30. The highest BCUT2D eigenvalue weighted by molar-refractivity contribution is 5.77. The predicted octanol–water partition coefficient (Wildman–Crippen LogP) is 0.0972. The number of aromatic nitrogens is 2. The van der Waals surface area contributed by atoms with Crippen LogP contribution in [0, 0.1) is 25.3 Å². The maximum atomic E-state index is 11.0. The van der Waals surface area contributed by atoms with Crippen LogP contribution >= 0.6 is 0 Å². The van der Waals surface area contributed by atoms with Gasteiger partial charge >= 0.3 is 0 Å². The second-order valence-electron chi connectivity index (χ2n) is 2.74. The van der Waals surface area contributed by atoms with Crippen molar-refractivity contribution in [3.63, 3.8) is 0 Å². The fourth-order valence-corrected chi connectivity index (χ4v) is 1.07. The van der Waals surface area contributed by atoms with Gasteiger partial charge in [-0.05, 0) is 19.9 Å². The van der Waals surface area contributed by atoms with Gasteiger partial charge in [0.15, 0.2) is 6.19 Å². The zero-order chi connectivity index (χ0) is 9.84. The van der Waals surface area contributed by atoms with Crippen molar-refractivity contribution in [2.45, 2.75) is 20.4 Å². The summed E-state index contributed by atoms with van der Waals surface area (Å²) in [5.74, 6) is -0.353. The molecule has 0 atom stereocenters. The van der Waals surface area contributed by atoms with Crippen LogP contribution in [0.5, 0.6) is 0 Å². The third-order valence-corrected chi connectivity index (χ3v) is 1.59. The van der Waals surface area contributed by atoms with Crippen molar-refractivity contribution in [3.05, 3.63) is 17.5 Å². The number of hydrogen-bond acceptors (Lipinski definition) is 3. The Morgan fingerprint density at radius 2 is 2.46 bits per heavy atom. The first-order valence-electron chi connectivity index (χ1n) is 3.82. The lowest BCUT2D eigenvalue weighted by molar-refractivity contribution is -0.120. The van der Waals surface area contributed by atoms with E-state index in [2.05, 4.69) is 5.10 Å². The number of carbonyl (C=O) groups is 1. The van der Waals surface area contributed by atoms with Crippen molar-refractivity contribution < 1.29 is 4.79 Å².